The number of aliphatic hydroxyl groups excluding tert-OH is 1. The second kappa shape index (κ2) is 59.4. The molecule has 0 saturated carbocycles. The number of ether oxygens (including phenoxy) is 4. The Morgan fingerprint density at radius 2 is 0.558 bits per heavy atom. The van der Waals surface area contributed by atoms with E-state index in [1.165, 1.54) is 148 Å². The van der Waals surface area contributed by atoms with E-state index in [2.05, 4.69) is 41.5 Å². The number of phosphoric acid groups is 2. The van der Waals surface area contributed by atoms with E-state index in [9.17, 15) is 43.2 Å². The fourth-order valence-corrected chi connectivity index (χ4v) is 11.6. The second-order valence-electron chi connectivity index (χ2n) is 24.7. The zero-order valence-electron chi connectivity index (χ0n) is 55.6. The van der Waals surface area contributed by atoms with Crippen molar-refractivity contribution in [2.45, 2.75) is 355 Å². The molecule has 0 heterocycles. The zero-order chi connectivity index (χ0) is 63.6. The Labute approximate surface area is 524 Å². The van der Waals surface area contributed by atoms with Gasteiger partial charge in [0.1, 0.15) is 19.3 Å². The maximum Gasteiger partial charge on any atom is 0.472 e. The van der Waals surface area contributed by atoms with Crippen LogP contribution in [-0.4, -0.2) is 96.7 Å². The van der Waals surface area contributed by atoms with Crippen molar-refractivity contribution in [1.29, 1.82) is 0 Å². The molecule has 0 aromatic carbocycles. The fraction of sp³-hybridized carbons (Fsp3) is 0.940. The highest BCUT2D eigenvalue weighted by atomic mass is 31.2. The van der Waals surface area contributed by atoms with E-state index in [1.54, 1.807) is 0 Å². The van der Waals surface area contributed by atoms with Crippen molar-refractivity contribution in [1.82, 2.24) is 0 Å². The lowest BCUT2D eigenvalue weighted by molar-refractivity contribution is -0.161. The van der Waals surface area contributed by atoms with Crippen LogP contribution in [0.3, 0.4) is 0 Å². The number of phosphoric ester groups is 2. The smallest absolute Gasteiger partial charge is 0.462 e. The minimum absolute atomic E-state index is 0.103. The van der Waals surface area contributed by atoms with Crippen molar-refractivity contribution < 1.29 is 80.2 Å². The molecule has 0 saturated heterocycles. The molecule has 3 N–H and O–H groups in total. The van der Waals surface area contributed by atoms with Gasteiger partial charge in [0, 0.05) is 25.7 Å². The minimum Gasteiger partial charge on any atom is -0.462 e. The van der Waals surface area contributed by atoms with Crippen LogP contribution in [0.25, 0.3) is 0 Å². The predicted octanol–water partition coefficient (Wildman–Crippen LogP) is 18.8. The van der Waals surface area contributed by atoms with E-state index < -0.39 is 97.5 Å². The standard InChI is InChI=1S/C67H130O17P2/c1-7-11-13-15-17-19-20-21-22-23-24-25-26-32-39-45-51-66(71)83-62(55-78-65(70)50-44-38-31-28-27-29-35-41-47-59(5)9-3)57-81-85(73,74)79-53-61(68)54-80-86(75,76)82-58-63(56-77-64(69)49-43-37-30-18-16-14-12-8-2)84-67(72)52-46-40-34-33-36-42-48-60(6)10-4/h59-63,68H,7-58H2,1-6H3,(H,73,74)(H,75,76)/t59?,60?,61-,62-,63-/m1/s1. The Morgan fingerprint density at radius 1 is 0.326 bits per heavy atom. The molecule has 17 nitrogen and oxygen atoms in total. The third-order valence-electron chi connectivity index (χ3n) is 16.2. The van der Waals surface area contributed by atoms with Crippen molar-refractivity contribution in [2.24, 2.45) is 11.8 Å². The number of hydrogen-bond acceptors (Lipinski definition) is 15. The summed E-state index contributed by atoms with van der Waals surface area (Å²) >= 11 is 0. The number of rotatable bonds is 66. The minimum atomic E-state index is -4.95. The number of unbranched alkanes of at least 4 members (excludes halogenated alkanes) is 34. The molecular formula is C67H130O17P2. The average molecular weight is 1270 g/mol. The van der Waals surface area contributed by atoms with Crippen LogP contribution in [0.15, 0.2) is 0 Å². The van der Waals surface area contributed by atoms with Crippen molar-refractivity contribution in [3.05, 3.63) is 0 Å². The molecule has 19 heteroatoms. The molecule has 0 radical (unpaired) electrons. The van der Waals surface area contributed by atoms with Gasteiger partial charge in [0.25, 0.3) is 0 Å². The quantitative estimate of drug-likeness (QED) is 0.0222. The predicted molar refractivity (Wildman–Crippen MR) is 345 cm³/mol. The van der Waals surface area contributed by atoms with Crippen molar-refractivity contribution in [3.63, 3.8) is 0 Å². The van der Waals surface area contributed by atoms with Crippen LogP contribution in [0.2, 0.25) is 0 Å². The van der Waals surface area contributed by atoms with Gasteiger partial charge in [0.2, 0.25) is 0 Å². The summed E-state index contributed by atoms with van der Waals surface area (Å²) in [7, 11) is -9.89. The van der Waals surface area contributed by atoms with Gasteiger partial charge in [-0.15, -0.1) is 0 Å². The summed E-state index contributed by atoms with van der Waals surface area (Å²) in [6.45, 7) is 9.45. The summed E-state index contributed by atoms with van der Waals surface area (Å²) in [5.41, 5.74) is 0. The van der Waals surface area contributed by atoms with Crippen molar-refractivity contribution in [2.75, 3.05) is 39.6 Å². The first-order valence-electron chi connectivity index (χ1n) is 35.1. The summed E-state index contributed by atoms with van der Waals surface area (Å²) in [4.78, 5) is 72.3. The molecule has 0 spiro atoms. The van der Waals surface area contributed by atoms with E-state index in [1.807, 2.05) is 0 Å². The van der Waals surface area contributed by atoms with Crippen LogP contribution in [0.5, 0.6) is 0 Å². The third-order valence-corrected chi connectivity index (χ3v) is 18.1. The van der Waals surface area contributed by atoms with Crippen LogP contribution >= 0.6 is 15.6 Å². The number of carbonyl (C=O) groups is 4. The molecule has 0 amide bonds. The molecule has 0 aliphatic carbocycles. The molecule has 86 heavy (non-hydrogen) atoms. The number of hydrogen-bond donors (Lipinski definition) is 3. The molecule has 0 aliphatic rings. The van der Waals surface area contributed by atoms with Gasteiger partial charge in [0.05, 0.1) is 26.4 Å². The zero-order valence-corrected chi connectivity index (χ0v) is 57.4. The van der Waals surface area contributed by atoms with Crippen molar-refractivity contribution >= 4 is 39.5 Å². The highest BCUT2D eigenvalue weighted by molar-refractivity contribution is 7.47. The van der Waals surface area contributed by atoms with Crippen LogP contribution in [0.1, 0.15) is 337 Å². The molecular weight excluding hydrogens is 1140 g/mol. The summed E-state index contributed by atoms with van der Waals surface area (Å²) in [5, 5.41) is 10.6. The largest absolute Gasteiger partial charge is 0.472 e. The van der Waals surface area contributed by atoms with Gasteiger partial charge >= 0.3 is 39.5 Å². The average Bonchev–Trinajstić information content (AvgIpc) is 3.60. The third kappa shape index (κ3) is 58.4. The topological polar surface area (TPSA) is 237 Å². The molecule has 7 atom stereocenters. The Kier molecular flexibility index (Phi) is 58.0. The summed E-state index contributed by atoms with van der Waals surface area (Å²) in [6, 6.07) is 0. The Hall–Kier alpha value is -1.94. The van der Waals surface area contributed by atoms with Crippen LogP contribution in [0, 0.1) is 11.8 Å². The van der Waals surface area contributed by atoms with Gasteiger partial charge in [-0.3, -0.25) is 37.3 Å². The molecule has 4 unspecified atom stereocenters. The van der Waals surface area contributed by atoms with Gasteiger partial charge in [-0.25, -0.2) is 9.13 Å². The lowest BCUT2D eigenvalue weighted by Crippen LogP contribution is -2.30. The van der Waals surface area contributed by atoms with E-state index in [4.69, 9.17) is 37.0 Å². The van der Waals surface area contributed by atoms with Gasteiger partial charge in [0.15, 0.2) is 12.2 Å². The Balaban J connectivity index is 5.23. The molecule has 0 bridgehead atoms. The summed E-state index contributed by atoms with van der Waals surface area (Å²) < 4.78 is 68.1. The number of esters is 4. The Bertz CT molecular complexity index is 1690. The van der Waals surface area contributed by atoms with E-state index >= 15 is 0 Å². The lowest BCUT2D eigenvalue weighted by atomic mass is 9.99. The lowest BCUT2D eigenvalue weighted by Gasteiger charge is -2.21. The first kappa shape index (κ1) is 84.1. The molecule has 0 fully saturated rings. The van der Waals surface area contributed by atoms with Crippen LogP contribution in [-0.2, 0) is 65.4 Å². The van der Waals surface area contributed by atoms with E-state index in [0.29, 0.717) is 25.7 Å². The number of carbonyl (C=O) groups excluding carboxylic acids is 4. The van der Waals surface area contributed by atoms with Gasteiger partial charge in [-0.1, -0.05) is 286 Å². The summed E-state index contributed by atoms with van der Waals surface area (Å²) in [5.74, 6) is -0.635. The number of aliphatic hydroxyl groups is 1. The highest BCUT2D eigenvalue weighted by Crippen LogP contribution is 2.45. The van der Waals surface area contributed by atoms with Crippen LogP contribution in [0.4, 0.5) is 0 Å². The molecule has 510 valence electrons. The maximum atomic E-state index is 13.0. The van der Waals surface area contributed by atoms with Gasteiger partial charge in [-0.2, -0.15) is 0 Å². The maximum absolute atomic E-state index is 13.0. The van der Waals surface area contributed by atoms with E-state index in [0.717, 1.165) is 108 Å². The van der Waals surface area contributed by atoms with E-state index in [-0.39, 0.29) is 25.7 Å². The first-order valence-corrected chi connectivity index (χ1v) is 38.1. The van der Waals surface area contributed by atoms with Crippen molar-refractivity contribution in [3.8, 4) is 0 Å². The molecule has 0 aliphatic heterocycles. The Morgan fingerprint density at radius 3 is 0.826 bits per heavy atom. The monoisotopic (exact) mass is 1270 g/mol. The molecule has 0 aromatic rings. The fourth-order valence-electron chi connectivity index (χ4n) is 10.00. The molecule has 0 rings (SSSR count). The van der Waals surface area contributed by atoms with Gasteiger partial charge in [-0.05, 0) is 37.5 Å². The van der Waals surface area contributed by atoms with Gasteiger partial charge < -0.3 is 33.8 Å². The SMILES string of the molecule is CCCCCCCCCCCCCCCCCCC(=O)O[C@H](COC(=O)CCCCCCCCCCC(C)CC)COP(=O)(O)OC[C@@H](O)COP(=O)(O)OC[C@@H](COC(=O)CCCCCCCCCC)OC(=O)CCCCCCCCC(C)CC. The highest BCUT2D eigenvalue weighted by Gasteiger charge is 2.30. The second-order valence-corrected chi connectivity index (χ2v) is 27.6. The first-order chi connectivity index (χ1) is 41.4. The van der Waals surface area contributed by atoms with Crippen LogP contribution < -0.4 is 0 Å². The molecule has 0 aromatic heterocycles. The normalized spacial score (nSPS) is 14.8. The summed E-state index contributed by atoms with van der Waals surface area (Å²) in [6.07, 6.45) is 43.1.